The van der Waals surface area contributed by atoms with Crippen LogP contribution in [-0.2, 0) is 5.33 Å². The molecule has 1 heterocycles. The molecule has 13 heavy (non-hydrogen) atoms. The first kappa shape index (κ1) is 9.49. The minimum atomic E-state index is 0.808. The molecule has 0 unspecified atom stereocenters. The minimum Gasteiger partial charge on any atom is -0.399 e. The summed E-state index contributed by atoms with van der Waals surface area (Å²) >= 11 is 8.71. The molecule has 0 radical (unpaired) electrons. The minimum absolute atomic E-state index is 0.808. The zero-order valence-corrected chi connectivity index (χ0v) is 10.7. The van der Waals surface area contributed by atoms with Crippen molar-refractivity contribution in [2.75, 3.05) is 5.73 Å². The number of thiophene rings is 1. The predicted molar refractivity (Wildman–Crippen MR) is 66.6 cm³/mol. The number of halogens is 2. The molecule has 0 saturated heterocycles. The lowest BCUT2D eigenvalue weighted by atomic mass is 10.2. The third-order valence-corrected chi connectivity index (χ3v) is 4.51. The molecule has 68 valence electrons. The molecule has 0 atom stereocenters. The highest BCUT2D eigenvalue weighted by Gasteiger charge is 2.04. The van der Waals surface area contributed by atoms with Crippen molar-refractivity contribution in [3.63, 3.8) is 0 Å². The first-order valence-corrected chi connectivity index (χ1v) is 6.47. The van der Waals surface area contributed by atoms with Crippen molar-refractivity contribution in [3.8, 4) is 0 Å². The zero-order valence-electron chi connectivity index (χ0n) is 6.68. The number of anilines is 1. The van der Waals surface area contributed by atoms with Crippen molar-refractivity contribution in [2.45, 2.75) is 5.33 Å². The SMILES string of the molecule is Nc1cc(Br)c2cc(CBr)sc2c1. The Balaban J connectivity index is 2.75. The summed E-state index contributed by atoms with van der Waals surface area (Å²) in [5.74, 6) is 0. The van der Waals surface area contributed by atoms with Gasteiger partial charge in [-0.05, 0) is 18.2 Å². The van der Waals surface area contributed by atoms with Crippen LogP contribution >= 0.6 is 43.2 Å². The van der Waals surface area contributed by atoms with Gasteiger partial charge in [-0.25, -0.2) is 0 Å². The summed E-state index contributed by atoms with van der Waals surface area (Å²) in [6, 6.07) is 6.13. The molecule has 0 aliphatic carbocycles. The van der Waals surface area contributed by atoms with Crippen LogP contribution in [0.4, 0.5) is 5.69 Å². The second kappa shape index (κ2) is 3.59. The predicted octanol–water partition coefficient (Wildman–Crippen LogP) is 4.14. The van der Waals surface area contributed by atoms with Crippen molar-refractivity contribution in [2.24, 2.45) is 0 Å². The van der Waals surface area contributed by atoms with Crippen LogP contribution in [0, 0.1) is 0 Å². The third-order valence-electron chi connectivity index (χ3n) is 1.79. The Morgan fingerprint density at radius 2 is 2.08 bits per heavy atom. The average Bonchev–Trinajstić information content (AvgIpc) is 2.47. The molecule has 0 saturated carbocycles. The molecule has 2 rings (SSSR count). The molecule has 0 bridgehead atoms. The quantitative estimate of drug-likeness (QED) is 0.620. The molecular weight excluding hydrogens is 314 g/mol. The monoisotopic (exact) mass is 319 g/mol. The second-order valence-electron chi connectivity index (χ2n) is 2.76. The molecule has 1 nitrogen and oxygen atoms in total. The fourth-order valence-electron chi connectivity index (χ4n) is 1.23. The number of fused-ring (bicyclic) bond motifs is 1. The molecule has 0 aliphatic heterocycles. The molecular formula is C9H7Br2NS. The summed E-state index contributed by atoms with van der Waals surface area (Å²) in [4.78, 5) is 1.32. The van der Waals surface area contributed by atoms with Gasteiger partial charge in [-0.2, -0.15) is 0 Å². The van der Waals surface area contributed by atoms with Crippen LogP contribution in [0.1, 0.15) is 4.88 Å². The van der Waals surface area contributed by atoms with Gasteiger partial charge in [0.15, 0.2) is 0 Å². The normalized spacial score (nSPS) is 10.9. The van der Waals surface area contributed by atoms with Crippen LogP contribution in [0.25, 0.3) is 10.1 Å². The number of hydrogen-bond acceptors (Lipinski definition) is 2. The van der Waals surface area contributed by atoms with Crippen LogP contribution in [0.2, 0.25) is 0 Å². The van der Waals surface area contributed by atoms with E-state index >= 15 is 0 Å². The summed E-state index contributed by atoms with van der Waals surface area (Å²) < 4.78 is 2.31. The fourth-order valence-corrected chi connectivity index (χ4v) is 3.45. The number of hydrogen-bond donors (Lipinski definition) is 1. The molecule has 4 heteroatoms. The summed E-state index contributed by atoms with van der Waals surface area (Å²) in [6.45, 7) is 0. The van der Waals surface area contributed by atoms with Gasteiger partial charge in [0.25, 0.3) is 0 Å². The van der Waals surface area contributed by atoms with Crippen LogP contribution in [-0.4, -0.2) is 0 Å². The summed E-state index contributed by atoms with van der Waals surface area (Å²) in [5, 5.41) is 2.15. The summed E-state index contributed by atoms with van der Waals surface area (Å²) in [5.41, 5.74) is 6.55. The van der Waals surface area contributed by atoms with Gasteiger partial charge in [0.05, 0.1) is 0 Å². The maximum atomic E-state index is 5.74. The Morgan fingerprint density at radius 1 is 1.31 bits per heavy atom. The van der Waals surface area contributed by atoms with E-state index in [2.05, 4.69) is 37.9 Å². The highest BCUT2D eigenvalue weighted by atomic mass is 79.9. The number of benzene rings is 1. The second-order valence-corrected chi connectivity index (χ2v) is 5.34. The van der Waals surface area contributed by atoms with E-state index in [9.17, 15) is 0 Å². The lowest BCUT2D eigenvalue weighted by Crippen LogP contribution is -1.82. The largest absolute Gasteiger partial charge is 0.399 e. The van der Waals surface area contributed by atoms with E-state index < -0.39 is 0 Å². The van der Waals surface area contributed by atoms with E-state index in [-0.39, 0.29) is 0 Å². The van der Waals surface area contributed by atoms with E-state index in [4.69, 9.17) is 5.73 Å². The summed E-state index contributed by atoms with van der Waals surface area (Å²) in [7, 11) is 0. The first-order chi connectivity index (χ1) is 6.20. The van der Waals surface area contributed by atoms with E-state index in [0.717, 1.165) is 15.5 Å². The van der Waals surface area contributed by atoms with Gasteiger partial charge in [-0.3, -0.25) is 0 Å². The molecule has 0 amide bonds. The molecule has 2 N–H and O–H groups in total. The van der Waals surface area contributed by atoms with Crippen LogP contribution in [0.3, 0.4) is 0 Å². The van der Waals surface area contributed by atoms with E-state index in [1.807, 2.05) is 12.1 Å². The standard InChI is InChI=1S/C9H7Br2NS/c10-4-6-3-7-8(11)1-5(12)2-9(7)13-6/h1-3H,4,12H2. The van der Waals surface area contributed by atoms with Gasteiger partial charge in [0, 0.05) is 30.5 Å². The van der Waals surface area contributed by atoms with Crippen molar-refractivity contribution < 1.29 is 0 Å². The van der Waals surface area contributed by atoms with Gasteiger partial charge in [0.2, 0.25) is 0 Å². The molecule has 2 aromatic rings. The van der Waals surface area contributed by atoms with Crippen LogP contribution < -0.4 is 5.73 Å². The Morgan fingerprint density at radius 3 is 2.77 bits per heavy atom. The van der Waals surface area contributed by atoms with Crippen molar-refractivity contribution in [1.29, 1.82) is 0 Å². The fraction of sp³-hybridized carbons (Fsp3) is 0.111. The van der Waals surface area contributed by atoms with Crippen LogP contribution in [0.5, 0.6) is 0 Å². The van der Waals surface area contributed by atoms with E-state index in [1.54, 1.807) is 11.3 Å². The topological polar surface area (TPSA) is 26.0 Å². The number of alkyl halides is 1. The molecule has 1 aromatic carbocycles. The van der Waals surface area contributed by atoms with Gasteiger partial charge in [-0.1, -0.05) is 31.9 Å². The lowest BCUT2D eigenvalue weighted by Gasteiger charge is -1.95. The van der Waals surface area contributed by atoms with Gasteiger partial charge >= 0.3 is 0 Å². The number of rotatable bonds is 1. The molecule has 0 aliphatic rings. The number of nitrogen functional groups attached to an aromatic ring is 1. The van der Waals surface area contributed by atoms with Crippen molar-refractivity contribution in [3.05, 3.63) is 27.5 Å². The van der Waals surface area contributed by atoms with Gasteiger partial charge < -0.3 is 5.73 Å². The van der Waals surface area contributed by atoms with Crippen molar-refractivity contribution >= 4 is 59.0 Å². The van der Waals surface area contributed by atoms with Gasteiger partial charge in [-0.15, -0.1) is 11.3 Å². The maximum Gasteiger partial charge on any atom is 0.0377 e. The maximum absolute atomic E-state index is 5.74. The molecule has 0 spiro atoms. The average molecular weight is 321 g/mol. The van der Waals surface area contributed by atoms with Crippen LogP contribution in [0.15, 0.2) is 22.7 Å². The smallest absolute Gasteiger partial charge is 0.0377 e. The molecule has 0 fully saturated rings. The third kappa shape index (κ3) is 1.75. The zero-order chi connectivity index (χ0) is 9.42. The Bertz CT molecular complexity index is 450. The first-order valence-electron chi connectivity index (χ1n) is 3.74. The Labute approximate surface area is 97.2 Å². The number of nitrogens with two attached hydrogens (primary N) is 1. The van der Waals surface area contributed by atoms with Crippen molar-refractivity contribution in [1.82, 2.24) is 0 Å². The van der Waals surface area contributed by atoms with Gasteiger partial charge in [0.1, 0.15) is 0 Å². The highest BCUT2D eigenvalue weighted by Crippen LogP contribution is 2.34. The summed E-state index contributed by atoms with van der Waals surface area (Å²) in [6.07, 6.45) is 0. The Hall–Kier alpha value is -0.0600. The lowest BCUT2D eigenvalue weighted by molar-refractivity contribution is 1.59. The highest BCUT2D eigenvalue weighted by molar-refractivity contribution is 9.10. The Kier molecular flexibility index (Phi) is 2.62. The molecule has 1 aromatic heterocycles. The van der Waals surface area contributed by atoms with E-state index in [1.165, 1.54) is 15.0 Å². The van der Waals surface area contributed by atoms with E-state index in [0.29, 0.717) is 0 Å².